The van der Waals surface area contributed by atoms with Crippen LogP contribution in [-0.4, -0.2) is 37.0 Å². The minimum absolute atomic E-state index is 0.583. The van der Waals surface area contributed by atoms with Crippen LogP contribution in [0.3, 0.4) is 0 Å². The molecule has 4 heteroatoms. The van der Waals surface area contributed by atoms with E-state index in [1.165, 1.54) is 0 Å². The second-order valence-electron chi connectivity index (χ2n) is 6.83. The van der Waals surface area contributed by atoms with Gasteiger partial charge in [0.25, 0.3) is 0 Å². The standard InChI is InChI=1S/C22H33N3O/c1-10-15(2)14-25(9)20(7)24-22(21-11-12-26-19(21)6)18(5)16(3)13-17(4)23-8/h11-13,15H,5,7,10,14H2,1-4,6,8-9H3. The third kappa shape index (κ3) is 5.87. The van der Waals surface area contributed by atoms with Crippen LogP contribution in [0.4, 0.5) is 0 Å². The second kappa shape index (κ2) is 9.95. The first-order valence-corrected chi connectivity index (χ1v) is 9.05. The van der Waals surface area contributed by atoms with Crippen LogP contribution in [-0.2, 0) is 0 Å². The van der Waals surface area contributed by atoms with Crippen molar-refractivity contribution in [1.29, 1.82) is 0 Å². The predicted octanol–water partition coefficient (Wildman–Crippen LogP) is 5.42. The van der Waals surface area contributed by atoms with Gasteiger partial charge in [-0.15, -0.1) is 0 Å². The van der Waals surface area contributed by atoms with Crippen molar-refractivity contribution in [1.82, 2.24) is 4.90 Å². The molecule has 4 nitrogen and oxygen atoms in total. The van der Waals surface area contributed by atoms with E-state index in [0.717, 1.165) is 52.7 Å². The molecule has 1 aromatic heterocycles. The van der Waals surface area contributed by atoms with Crippen LogP contribution in [0.25, 0.3) is 0 Å². The maximum absolute atomic E-state index is 5.49. The van der Waals surface area contributed by atoms with Crippen LogP contribution in [0.2, 0.25) is 0 Å². The van der Waals surface area contributed by atoms with E-state index in [1.807, 2.05) is 40.0 Å². The van der Waals surface area contributed by atoms with E-state index in [0.29, 0.717) is 5.92 Å². The molecule has 0 aliphatic heterocycles. The largest absolute Gasteiger partial charge is 0.469 e. The third-order valence-electron chi connectivity index (χ3n) is 4.62. The van der Waals surface area contributed by atoms with E-state index in [1.54, 1.807) is 13.3 Å². The van der Waals surface area contributed by atoms with Gasteiger partial charge in [-0.3, -0.25) is 4.99 Å². The van der Waals surface area contributed by atoms with Gasteiger partial charge in [0.05, 0.1) is 12.0 Å². The number of aliphatic imine (C=N–C) groups is 2. The minimum atomic E-state index is 0.583. The summed E-state index contributed by atoms with van der Waals surface area (Å²) in [6.45, 7) is 19.7. The Bertz CT molecular complexity index is 734. The van der Waals surface area contributed by atoms with E-state index in [9.17, 15) is 0 Å². The molecule has 1 aromatic rings. The van der Waals surface area contributed by atoms with Crippen LogP contribution in [0.5, 0.6) is 0 Å². The zero-order valence-electron chi connectivity index (χ0n) is 17.4. The quantitative estimate of drug-likeness (QED) is 0.438. The SMILES string of the molecule is C=C(C(C)=CC(C)=NC)C(=NC(=C)N(C)CC(C)CC)c1ccoc1C. The Kier molecular flexibility index (Phi) is 8.30. The lowest BCUT2D eigenvalue weighted by Gasteiger charge is -2.23. The molecule has 0 spiro atoms. The van der Waals surface area contributed by atoms with Gasteiger partial charge in [0.2, 0.25) is 0 Å². The average molecular weight is 356 g/mol. The van der Waals surface area contributed by atoms with Crippen molar-refractivity contribution >= 4 is 11.4 Å². The molecule has 0 saturated heterocycles. The summed E-state index contributed by atoms with van der Waals surface area (Å²) in [7, 11) is 3.81. The van der Waals surface area contributed by atoms with Crippen LogP contribution in [0, 0.1) is 12.8 Å². The lowest BCUT2D eigenvalue weighted by atomic mass is 9.97. The van der Waals surface area contributed by atoms with Crippen molar-refractivity contribution in [2.45, 2.75) is 41.0 Å². The Balaban J connectivity index is 3.26. The summed E-state index contributed by atoms with van der Waals surface area (Å²) in [5.74, 6) is 2.12. The molecular formula is C22H33N3O. The van der Waals surface area contributed by atoms with Crippen molar-refractivity contribution in [3.63, 3.8) is 0 Å². The summed E-state index contributed by atoms with van der Waals surface area (Å²) in [6, 6.07) is 1.93. The van der Waals surface area contributed by atoms with E-state index in [-0.39, 0.29) is 0 Å². The summed E-state index contributed by atoms with van der Waals surface area (Å²) < 4.78 is 5.49. The highest BCUT2D eigenvalue weighted by Crippen LogP contribution is 2.22. The first kappa shape index (κ1) is 21.7. The molecule has 1 unspecified atom stereocenters. The summed E-state index contributed by atoms with van der Waals surface area (Å²) in [4.78, 5) is 11.1. The fraction of sp³-hybridized carbons (Fsp3) is 0.455. The number of rotatable bonds is 9. The van der Waals surface area contributed by atoms with Gasteiger partial charge in [-0.1, -0.05) is 33.4 Å². The Morgan fingerprint density at radius 1 is 1.35 bits per heavy atom. The number of hydrogen-bond acceptors (Lipinski definition) is 4. The molecule has 0 saturated carbocycles. The molecule has 0 radical (unpaired) electrons. The minimum Gasteiger partial charge on any atom is -0.469 e. The van der Waals surface area contributed by atoms with E-state index in [4.69, 9.17) is 9.41 Å². The zero-order chi connectivity index (χ0) is 19.9. The molecule has 0 fully saturated rings. The number of hydrogen-bond donors (Lipinski definition) is 0. The first-order chi connectivity index (χ1) is 12.2. The fourth-order valence-corrected chi connectivity index (χ4v) is 2.49. The molecule has 0 amide bonds. The van der Waals surface area contributed by atoms with Crippen molar-refractivity contribution in [3.05, 3.63) is 59.9 Å². The monoisotopic (exact) mass is 355 g/mol. The Labute approximate surface area is 158 Å². The number of allylic oxidation sites excluding steroid dienone is 3. The highest BCUT2D eigenvalue weighted by Gasteiger charge is 2.16. The molecule has 26 heavy (non-hydrogen) atoms. The maximum atomic E-state index is 5.49. The van der Waals surface area contributed by atoms with Crippen LogP contribution >= 0.6 is 0 Å². The third-order valence-corrected chi connectivity index (χ3v) is 4.62. The molecular weight excluding hydrogens is 322 g/mol. The summed E-state index contributed by atoms with van der Waals surface area (Å²) in [6.07, 6.45) is 4.81. The van der Waals surface area contributed by atoms with Gasteiger partial charge in [-0.25, -0.2) is 4.99 Å². The molecule has 0 aromatic carbocycles. The van der Waals surface area contributed by atoms with Crippen LogP contribution < -0.4 is 0 Å². The number of furan rings is 1. The fourth-order valence-electron chi connectivity index (χ4n) is 2.49. The molecule has 1 rings (SSSR count). The van der Waals surface area contributed by atoms with Crippen molar-refractivity contribution in [3.8, 4) is 0 Å². The van der Waals surface area contributed by atoms with Gasteiger partial charge < -0.3 is 9.32 Å². The smallest absolute Gasteiger partial charge is 0.121 e. The Morgan fingerprint density at radius 2 is 2.00 bits per heavy atom. The molecule has 0 bridgehead atoms. The lowest BCUT2D eigenvalue weighted by Crippen LogP contribution is -2.23. The highest BCUT2D eigenvalue weighted by molar-refractivity contribution is 6.16. The van der Waals surface area contributed by atoms with Gasteiger partial charge in [-0.2, -0.15) is 0 Å². The molecule has 0 N–H and O–H groups in total. The molecule has 0 aliphatic rings. The van der Waals surface area contributed by atoms with Gasteiger partial charge in [0.15, 0.2) is 0 Å². The second-order valence-corrected chi connectivity index (χ2v) is 6.83. The topological polar surface area (TPSA) is 41.1 Å². The average Bonchev–Trinajstić information content (AvgIpc) is 3.03. The van der Waals surface area contributed by atoms with E-state index < -0.39 is 0 Å². The zero-order valence-corrected chi connectivity index (χ0v) is 17.4. The summed E-state index contributed by atoms with van der Waals surface area (Å²) in [5, 5.41) is 0. The highest BCUT2D eigenvalue weighted by atomic mass is 16.3. The van der Waals surface area contributed by atoms with Gasteiger partial charge in [-0.05, 0) is 50.0 Å². The Hall–Kier alpha value is -2.36. The van der Waals surface area contributed by atoms with Crippen molar-refractivity contribution in [2.24, 2.45) is 15.9 Å². The molecule has 1 heterocycles. The van der Waals surface area contributed by atoms with Crippen LogP contribution in [0.1, 0.15) is 45.4 Å². The van der Waals surface area contributed by atoms with Gasteiger partial charge >= 0.3 is 0 Å². The van der Waals surface area contributed by atoms with Gasteiger partial charge in [0, 0.05) is 31.9 Å². The lowest BCUT2D eigenvalue weighted by molar-refractivity contribution is 0.340. The first-order valence-electron chi connectivity index (χ1n) is 9.05. The normalized spacial score (nSPS) is 14.3. The Morgan fingerprint density at radius 3 is 2.50 bits per heavy atom. The van der Waals surface area contributed by atoms with E-state index in [2.05, 4.69) is 36.9 Å². The molecule has 142 valence electrons. The number of nitrogens with zero attached hydrogens (tertiary/aromatic N) is 3. The predicted molar refractivity (Wildman–Crippen MR) is 113 cm³/mol. The van der Waals surface area contributed by atoms with E-state index >= 15 is 0 Å². The molecule has 0 aliphatic carbocycles. The van der Waals surface area contributed by atoms with Gasteiger partial charge in [0.1, 0.15) is 11.6 Å². The van der Waals surface area contributed by atoms with Crippen molar-refractivity contribution in [2.75, 3.05) is 20.6 Å². The summed E-state index contributed by atoms with van der Waals surface area (Å²) >= 11 is 0. The summed E-state index contributed by atoms with van der Waals surface area (Å²) in [5.41, 5.74) is 4.53. The van der Waals surface area contributed by atoms with Crippen LogP contribution in [0.15, 0.2) is 62.9 Å². The maximum Gasteiger partial charge on any atom is 0.121 e. The molecule has 1 atom stereocenters. The van der Waals surface area contributed by atoms with Crippen molar-refractivity contribution < 1.29 is 4.42 Å². The number of aryl methyl sites for hydroxylation is 1.